The Hall–Kier alpha value is -1.65. The van der Waals surface area contributed by atoms with Crippen LogP contribution in [0.25, 0.3) is 0 Å². The van der Waals surface area contributed by atoms with Crippen LogP contribution in [-0.4, -0.2) is 61.4 Å². The first-order valence-corrected chi connectivity index (χ1v) is 9.05. The van der Waals surface area contributed by atoms with Gasteiger partial charge in [-0.1, -0.05) is 6.07 Å². The van der Waals surface area contributed by atoms with E-state index in [0.717, 1.165) is 22.5 Å². The zero-order chi connectivity index (χ0) is 18.8. The lowest BCUT2D eigenvalue weighted by Gasteiger charge is -2.35. The van der Waals surface area contributed by atoms with Crippen LogP contribution < -0.4 is 0 Å². The summed E-state index contributed by atoms with van der Waals surface area (Å²) in [5.41, 5.74) is -1.01. The van der Waals surface area contributed by atoms with E-state index < -0.39 is 27.7 Å². The average Bonchev–Trinajstić information content (AvgIpc) is 2.53. The van der Waals surface area contributed by atoms with Crippen LogP contribution in [0, 0.1) is 0 Å². The van der Waals surface area contributed by atoms with Crippen molar-refractivity contribution < 1.29 is 31.5 Å². The highest BCUT2D eigenvalue weighted by Crippen LogP contribution is 2.31. The zero-order valence-electron chi connectivity index (χ0n) is 13.5. The summed E-state index contributed by atoms with van der Waals surface area (Å²) in [6.07, 6.45) is -3.78. The van der Waals surface area contributed by atoms with Gasteiger partial charge in [0, 0.05) is 19.1 Å². The second-order valence-electron chi connectivity index (χ2n) is 5.97. The Bertz CT molecular complexity index is 729. The van der Waals surface area contributed by atoms with Gasteiger partial charge >= 0.3 is 12.1 Å². The first-order chi connectivity index (χ1) is 11.5. The number of nitrogens with zero attached hydrogens (tertiary/aromatic N) is 2. The lowest BCUT2D eigenvalue weighted by atomic mass is 10.1. The molecule has 1 aromatic rings. The second-order valence-corrected chi connectivity index (χ2v) is 7.91. The maximum Gasteiger partial charge on any atom is 0.416 e. The van der Waals surface area contributed by atoms with Gasteiger partial charge < -0.3 is 5.11 Å². The van der Waals surface area contributed by atoms with Gasteiger partial charge in [0.2, 0.25) is 10.0 Å². The van der Waals surface area contributed by atoms with Crippen molar-refractivity contribution in [1.29, 1.82) is 0 Å². The van der Waals surface area contributed by atoms with Gasteiger partial charge in [-0.05, 0) is 38.1 Å². The Balaban J connectivity index is 2.11. The smallest absolute Gasteiger partial charge is 0.416 e. The summed E-state index contributed by atoms with van der Waals surface area (Å²) in [4.78, 5) is 12.0. The fourth-order valence-corrected chi connectivity index (χ4v) is 4.36. The molecule has 1 aromatic carbocycles. The fourth-order valence-electron chi connectivity index (χ4n) is 2.85. The first-order valence-electron chi connectivity index (χ1n) is 7.61. The van der Waals surface area contributed by atoms with Gasteiger partial charge in [-0.15, -0.1) is 0 Å². The summed E-state index contributed by atoms with van der Waals surface area (Å²) in [6, 6.07) is 3.60. The number of benzene rings is 1. The van der Waals surface area contributed by atoms with Gasteiger partial charge in [-0.2, -0.15) is 17.5 Å². The SMILES string of the molecule is CN(CC(=O)O)C1CCN(S(=O)(=O)c2cccc(C(F)(F)F)c2)CC1. The predicted molar refractivity (Wildman–Crippen MR) is 83.5 cm³/mol. The van der Waals surface area contributed by atoms with Gasteiger partial charge in [-0.3, -0.25) is 9.69 Å². The van der Waals surface area contributed by atoms with Crippen molar-refractivity contribution >= 4 is 16.0 Å². The minimum absolute atomic E-state index is 0.0796. The van der Waals surface area contributed by atoms with Crippen molar-refractivity contribution in [2.24, 2.45) is 0 Å². The number of carbonyl (C=O) groups is 1. The fraction of sp³-hybridized carbons (Fsp3) is 0.533. The molecule has 1 N–H and O–H groups in total. The Morgan fingerprint density at radius 1 is 1.32 bits per heavy atom. The molecule has 6 nitrogen and oxygen atoms in total. The number of piperidine rings is 1. The molecule has 1 aliphatic rings. The molecule has 0 aromatic heterocycles. The van der Waals surface area contributed by atoms with E-state index in [0.29, 0.717) is 18.9 Å². The van der Waals surface area contributed by atoms with Crippen LogP contribution in [0.5, 0.6) is 0 Å². The summed E-state index contributed by atoms with van der Waals surface area (Å²) >= 11 is 0. The van der Waals surface area contributed by atoms with Crippen molar-refractivity contribution in [1.82, 2.24) is 9.21 Å². The molecule has 1 saturated heterocycles. The zero-order valence-corrected chi connectivity index (χ0v) is 14.3. The van der Waals surface area contributed by atoms with Crippen LogP contribution in [0.2, 0.25) is 0 Å². The standard InChI is InChI=1S/C15H19F3N2O4S/c1-19(10-14(21)22)12-5-7-20(8-6-12)25(23,24)13-4-2-3-11(9-13)15(16,17)18/h2-4,9,12H,5-8,10H2,1H3,(H,21,22). The first kappa shape index (κ1) is 19.7. The molecule has 25 heavy (non-hydrogen) atoms. The van der Waals surface area contributed by atoms with Gasteiger partial charge in [0.15, 0.2) is 0 Å². The lowest BCUT2D eigenvalue weighted by Crippen LogP contribution is -2.46. The molecule has 0 radical (unpaired) electrons. The molecule has 10 heteroatoms. The summed E-state index contributed by atoms with van der Waals surface area (Å²) in [7, 11) is -2.37. The molecule has 0 aliphatic carbocycles. The van der Waals surface area contributed by atoms with Crippen molar-refractivity contribution in [2.75, 3.05) is 26.7 Å². The van der Waals surface area contributed by atoms with E-state index in [2.05, 4.69) is 0 Å². The van der Waals surface area contributed by atoms with E-state index >= 15 is 0 Å². The van der Waals surface area contributed by atoms with Crippen LogP contribution in [-0.2, 0) is 21.0 Å². The highest BCUT2D eigenvalue weighted by atomic mass is 32.2. The van der Waals surface area contributed by atoms with Crippen molar-refractivity contribution in [2.45, 2.75) is 30.0 Å². The topological polar surface area (TPSA) is 77.9 Å². The highest BCUT2D eigenvalue weighted by Gasteiger charge is 2.34. The van der Waals surface area contributed by atoms with Crippen LogP contribution in [0.3, 0.4) is 0 Å². The van der Waals surface area contributed by atoms with Gasteiger partial charge in [-0.25, -0.2) is 8.42 Å². The van der Waals surface area contributed by atoms with Crippen LogP contribution in [0.15, 0.2) is 29.2 Å². The molecular weight excluding hydrogens is 361 g/mol. The molecule has 1 aliphatic heterocycles. The van der Waals surface area contributed by atoms with E-state index in [1.165, 1.54) is 0 Å². The highest BCUT2D eigenvalue weighted by molar-refractivity contribution is 7.89. The monoisotopic (exact) mass is 380 g/mol. The Kier molecular flexibility index (Phi) is 5.75. The number of carboxylic acid groups (broad SMARTS) is 1. The van der Waals surface area contributed by atoms with Gasteiger partial charge in [0.25, 0.3) is 0 Å². The maximum absolute atomic E-state index is 12.8. The Morgan fingerprint density at radius 2 is 1.92 bits per heavy atom. The van der Waals surface area contributed by atoms with E-state index in [4.69, 9.17) is 5.11 Å². The maximum atomic E-state index is 12.8. The molecule has 1 heterocycles. The van der Waals surface area contributed by atoms with Crippen molar-refractivity contribution in [3.05, 3.63) is 29.8 Å². The predicted octanol–water partition coefficient (Wildman–Crippen LogP) is 1.87. The number of carboxylic acids is 1. The minimum Gasteiger partial charge on any atom is -0.480 e. The van der Waals surface area contributed by atoms with E-state index in [-0.39, 0.29) is 30.6 Å². The molecule has 1 fully saturated rings. The quantitative estimate of drug-likeness (QED) is 0.844. The number of aliphatic carboxylic acids is 1. The Morgan fingerprint density at radius 3 is 2.44 bits per heavy atom. The molecule has 0 spiro atoms. The second kappa shape index (κ2) is 7.30. The number of hydrogen-bond acceptors (Lipinski definition) is 4. The van der Waals surface area contributed by atoms with E-state index in [9.17, 15) is 26.4 Å². The minimum atomic E-state index is -4.61. The van der Waals surface area contributed by atoms with Crippen LogP contribution in [0.1, 0.15) is 18.4 Å². The van der Waals surface area contributed by atoms with E-state index in [1.54, 1.807) is 11.9 Å². The molecule has 140 valence electrons. The number of halogens is 3. The molecule has 0 saturated carbocycles. The van der Waals surface area contributed by atoms with Gasteiger partial charge in [0.1, 0.15) is 0 Å². The van der Waals surface area contributed by atoms with Crippen molar-refractivity contribution in [3.63, 3.8) is 0 Å². The normalized spacial score (nSPS) is 17.8. The largest absolute Gasteiger partial charge is 0.480 e. The molecular formula is C15H19F3N2O4S. The lowest BCUT2D eigenvalue weighted by molar-refractivity contribution is -0.139. The van der Waals surface area contributed by atoms with Gasteiger partial charge in [0.05, 0.1) is 17.0 Å². The third kappa shape index (κ3) is 4.71. The third-order valence-corrected chi connectivity index (χ3v) is 6.13. The summed E-state index contributed by atoms with van der Waals surface area (Å²) in [5.74, 6) is -0.971. The number of sulfonamides is 1. The third-order valence-electron chi connectivity index (χ3n) is 4.23. The van der Waals surface area contributed by atoms with Crippen LogP contribution in [0.4, 0.5) is 13.2 Å². The molecule has 0 atom stereocenters. The molecule has 0 bridgehead atoms. The number of likely N-dealkylation sites (N-methyl/N-ethyl adjacent to an activating group) is 1. The summed E-state index contributed by atoms with van der Waals surface area (Å²) in [5, 5.41) is 8.80. The number of rotatable bonds is 5. The summed E-state index contributed by atoms with van der Waals surface area (Å²) in [6.45, 7) is 0.117. The average molecular weight is 380 g/mol. The van der Waals surface area contributed by atoms with Crippen LogP contribution >= 0.6 is 0 Å². The molecule has 0 amide bonds. The Labute approximate surface area is 143 Å². The van der Waals surface area contributed by atoms with E-state index in [1.807, 2.05) is 0 Å². The number of alkyl halides is 3. The summed E-state index contributed by atoms with van der Waals surface area (Å²) < 4.78 is 64.6. The molecule has 0 unspecified atom stereocenters. The number of hydrogen-bond donors (Lipinski definition) is 1. The van der Waals surface area contributed by atoms with Crippen molar-refractivity contribution in [3.8, 4) is 0 Å². The molecule has 2 rings (SSSR count).